The summed E-state index contributed by atoms with van der Waals surface area (Å²) in [5.41, 5.74) is 2.10. The maximum absolute atomic E-state index is 11.9. The molecule has 1 aromatic rings. The molecule has 1 atom stereocenters. The summed E-state index contributed by atoms with van der Waals surface area (Å²) in [6.07, 6.45) is -4.42. The van der Waals surface area contributed by atoms with Crippen molar-refractivity contribution < 1.29 is 22.7 Å². The largest absolute Gasteiger partial charge is 0.411 e. The molecular weight excluding hydrogens is 283 g/mol. The first kappa shape index (κ1) is 17.5. The summed E-state index contributed by atoms with van der Waals surface area (Å²) in [5, 5.41) is 0. The third kappa shape index (κ3) is 6.16. The number of amides is 1. The van der Waals surface area contributed by atoms with E-state index >= 15 is 0 Å². The van der Waals surface area contributed by atoms with Crippen molar-refractivity contribution in [2.45, 2.75) is 32.5 Å². The Kier molecular flexibility index (Phi) is 6.20. The molecule has 0 heterocycles. The van der Waals surface area contributed by atoms with Crippen molar-refractivity contribution >= 4 is 5.91 Å². The number of benzene rings is 1. The molecule has 3 nitrogen and oxygen atoms in total. The van der Waals surface area contributed by atoms with E-state index in [9.17, 15) is 18.0 Å². The van der Waals surface area contributed by atoms with Gasteiger partial charge in [0, 0.05) is 7.05 Å². The summed E-state index contributed by atoms with van der Waals surface area (Å²) in [7, 11) is 1.64. The van der Waals surface area contributed by atoms with Gasteiger partial charge in [0.1, 0.15) is 6.61 Å². The van der Waals surface area contributed by atoms with E-state index in [1.54, 1.807) is 7.05 Å². The highest BCUT2D eigenvalue weighted by Crippen LogP contribution is 2.20. The molecule has 0 spiro atoms. The first-order valence-electron chi connectivity index (χ1n) is 6.67. The van der Waals surface area contributed by atoms with E-state index in [2.05, 4.69) is 4.74 Å². The Morgan fingerprint density at radius 1 is 1.29 bits per heavy atom. The van der Waals surface area contributed by atoms with E-state index in [1.165, 1.54) is 4.90 Å². The van der Waals surface area contributed by atoms with Crippen molar-refractivity contribution in [1.29, 1.82) is 0 Å². The molecule has 0 saturated heterocycles. The van der Waals surface area contributed by atoms with Crippen LogP contribution in [0.3, 0.4) is 0 Å². The van der Waals surface area contributed by atoms with E-state index in [4.69, 9.17) is 0 Å². The van der Waals surface area contributed by atoms with Crippen LogP contribution in [0.1, 0.15) is 30.5 Å². The van der Waals surface area contributed by atoms with Gasteiger partial charge < -0.3 is 9.64 Å². The van der Waals surface area contributed by atoms with Gasteiger partial charge in [0.2, 0.25) is 5.91 Å². The number of aryl methyl sites for hydroxylation is 1. The third-order valence-electron chi connectivity index (χ3n) is 3.26. The third-order valence-corrected chi connectivity index (χ3v) is 3.26. The number of rotatable bonds is 6. The summed E-state index contributed by atoms with van der Waals surface area (Å²) in [4.78, 5) is 13.4. The van der Waals surface area contributed by atoms with E-state index in [0.29, 0.717) is 0 Å². The second kappa shape index (κ2) is 7.45. The molecule has 6 heteroatoms. The van der Waals surface area contributed by atoms with Gasteiger partial charge in [-0.25, -0.2) is 0 Å². The van der Waals surface area contributed by atoms with E-state index in [1.807, 2.05) is 38.1 Å². The molecular formula is C15H20F3NO2. The van der Waals surface area contributed by atoms with Crippen LogP contribution in [0.25, 0.3) is 0 Å². The molecule has 0 aliphatic heterocycles. The smallest absolute Gasteiger partial charge is 0.372 e. The molecule has 0 radical (unpaired) electrons. The number of carbonyl (C=O) groups is 1. The summed E-state index contributed by atoms with van der Waals surface area (Å²) in [5.74, 6) is -0.245. The molecule has 0 aliphatic carbocycles. The fraction of sp³-hybridized carbons (Fsp3) is 0.533. The van der Waals surface area contributed by atoms with Crippen molar-refractivity contribution in [3.8, 4) is 0 Å². The Morgan fingerprint density at radius 2 is 1.86 bits per heavy atom. The quantitative estimate of drug-likeness (QED) is 0.753. The minimum atomic E-state index is -4.36. The molecule has 118 valence electrons. The molecule has 0 bridgehead atoms. The van der Waals surface area contributed by atoms with Crippen LogP contribution in [0.2, 0.25) is 0 Å². The second-order valence-corrected chi connectivity index (χ2v) is 5.01. The number of hydrogen-bond acceptors (Lipinski definition) is 2. The Morgan fingerprint density at radius 3 is 2.38 bits per heavy atom. The zero-order valence-electron chi connectivity index (χ0n) is 12.4. The molecule has 0 N–H and O–H groups in total. The monoisotopic (exact) mass is 303 g/mol. The summed E-state index contributed by atoms with van der Waals surface area (Å²) in [6.45, 7) is 2.29. The first-order valence-corrected chi connectivity index (χ1v) is 6.67. The maximum Gasteiger partial charge on any atom is 0.411 e. The van der Waals surface area contributed by atoms with E-state index < -0.39 is 12.8 Å². The Balaban J connectivity index is 2.44. The van der Waals surface area contributed by atoms with Gasteiger partial charge >= 0.3 is 6.18 Å². The number of nitrogens with zero attached hydrogens (tertiary/aromatic N) is 1. The highest BCUT2D eigenvalue weighted by molar-refractivity contribution is 5.76. The molecule has 0 aromatic heterocycles. The van der Waals surface area contributed by atoms with Gasteiger partial charge in [-0.2, -0.15) is 13.2 Å². The predicted octanol–water partition coefficient (Wildman–Crippen LogP) is 3.48. The van der Waals surface area contributed by atoms with Gasteiger partial charge in [0.05, 0.1) is 19.1 Å². The van der Waals surface area contributed by atoms with Crippen LogP contribution in [-0.4, -0.2) is 37.2 Å². The fourth-order valence-electron chi connectivity index (χ4n) is 1.81. The summed E-state index contributed by atoms with van der Waals surface area (Å²) in [6, 6.07) is 7.64. The molecule has 0 aliphatic rings. The van der Waals surface area contributed by atoms with Crippen molar-refractivity contribution in [3.63, 3.8) is 0 Å². The van der Waals surface area contributed by atoms with Crippen LogP contribution < -0.4 is 0 Å². The van der Waals surface area contributed by atoms with Gasteiger partial charge in [-0.05, 0) is 19.4 Å². The predicted molar refractivity (Wildman–Crippen MR) is 73.9 cm³/mol. The van der Waals surface area contributed by atoms with Crippen LogP contribution in [-0.2, 0) is 9.53 Å². The van der Waals surface area contributed by atoms with Gasteiger partial charge in [0.25, 0.3) is 0 Å². The summed E-state index contributed by atoms with van der Waals surface area (Å²) >= 11 is 0. The van der Waals surface area contributed by atoms with Gasteiger partial charge in [-0.1, -0.05) is 29.8 Å². The molecule has 1 rings (SSSR count). The Hall–Kier alpha value is -1.56. The number of alkyl halides is 3. The normalized spacial score (nSPS) is 13.0. The number of ether oxygens (including phenoxy) is 1. The van der Waals surface area contributed by atoms with Crippen molar-refractivity contribution in [3.05, 3.63) is 35.4 Å². The summed E-state index contributed by atoms with van der Waals surface area (Å²) < 4.78 is 40.1. The van der Waals surface area contributed by atoms with E-state index in [0.717, 1.165) is 11.1 Å². The second-order valence-electron chi connectivity index (χ2n) is 5.01. The molecule has 1 aromatic carbocycles. The van der Waals surface area contributed by atoms with Crippen LogP contribution in [0.4, 0.5) is 13.2 Å². The lowest BCUT2D eigenvalue weighted by Gasteiger charge is -2.25. The molecule has 0 saturated carbocycles. The van der Waals surface area contributed by atoms with Crippen molar-refractivity contribution in [2.75, 3.05) is 20.3 Å². The van der Waals surface area contributed by atoms with Crippen LogP contribution in [0.5, 0.6) is 0 Å². The van der Waals surface area contributed by atoms with Crippen LogP contribution >= 0.6 is 0 Å². The highest BCUT2D eigenvalue weighted by Gasteiger charge is 2.27. The highest BCUT2D eigenvalue weighted by atomic mass is 19.4. The lowest BCUT2D eigenvalue weighted by molar-refractivity contribution is -0.175. The van der Waals surface area contributed by atoms with Crippen LogP contribution in [0, 0.1) is 6.92 Å². The van der Waals surface area contributed by atoms with E-state index in [-0.39, 0.29) is 25.0 Å². The zero-order chi connectivity index (χ0) is 16.0. The molecule has 1 unspecified atom stereocenters. The Labute approximate surface area is 122 Å². The Bertz CT molecular complexity index is 457. The SMILES string of the molecule is Cc1ccc(C(C)N(C)C(=O)CCOCC(F)(F)F)cc1. The standard InChI is InChI=1S/C15H20F3NO2/c1-11-4-6-13(7-5-11)12(2)19(3)14(20)8-9-21-10-15(16,17)18/h4-7,12H,8-10H2,1-3H3. The molecule has 1 amide bonds. The topological polar surface area (TPSA) is 29.5 Å². The van der Waals surface area contributed by atoms with Gasteiger partial charge in [-0.3, -0.25) is 4.79 Å². The average molecular weight is 303 g/mol. The number of halogens is 3. The maximum atomic E-state index is 11.9. The minimum Gasteiger partial charge on any atom is -0.372 e. The van der Waals surface area contributed by atoms with Crippen molar-refractivity contribution in [1.82, 2.24) is 4.90 Å². The molecule has 0 fully saturated rings. The zero-order valence-corrected chi connectivity index (χ0v) is 12.4. The lowest BCUT2D eigenvalue weighted by atomic mass is 10.1. The van der Waals surface area contributed by atoms with Gasteiger partial charge in [-0.15, -0.1) is 0 Å². The molecule has 21 heavy (non-hydrogen) atoms. The fourth-order valence-corrected chi connectivity index (χ4v) is 1.81. The van der Waals surface area contributed by atoms with Crippen molar-refractivity contribution in [2.24, 2.45) is 0 Å². The first-order chi connectivity index (χ1) is 9.70. The number of carbonyl (C=O) groups excluding carboxylic acids is 1. The van der Waals surface area contributed by atoms with Crippen LogP contribution in [0.15, 0.2) is 24.3 Å². The minimum absolute atomic E-state index is 0.0667. The average Bonchev–Trinajstić information content (AvgIpc) is 2.41. The van der Waals surface area contributed by atoms with Gasteiger partial charge in [0.15, 0.2) is 0 Å². The number of hydrogen-bond donors (Lipinski definition) is 0. The lowest BCUT2D eigenvalue weighted by Crippen LogP contribution is -2.30.